The van der Waals surface area contributed by atoms with Gasteiger partial charge >= 0.3 is 0 Å². The highest BCUT2D eigenvalue weighted by atomic mass is 79.9. The molecule has 144 valence electrons. The van der Waals surface area contributed by atoms with Gasteiger partial charge in [-0.25, -0.2) is 0 Å². The van der Waals surface area contributed by atoms with Crippen molar-refractivity contribution < 1.29 is 0 Å². The normalized spacial score (nSPS) is 11.0. The van der Waals surface area contributed by atoms with Crippen molar-refractivity contribution in [3.05, 3.63) is 118 Å². The molecule has 0 aliphatic heterocycles. The van der Waals surface area contributed by atoms with Gasteiger partial charge in [-0.2, -0.15) is 0 Å². The van der Waals surface area contributed by atoms with Crippen molar-refractivity contribution in [2.24, 2.45) is 0 Å². The van der Waals surface area contributed by atoms with Crippen LogP contribution in [-0.2, 0) is 0 Å². The summed E-state index contributed by atoms with van der Waals surface area (Å²) < 4.78 is 2.17. The van der Waals surface area contributed by atoms with E-state index in [1.807, 2.05) is 0 Å². The Morgan fingerprint density at radius 1 is 0.400 bits per heavy atom. The second kappa shape index (κ2) is 8.22. The van der Waals surface area contributed by atoms with E-state index in [1.165, 1.54) is 44.2 Å². The molecule has 0 saturated heterocycles. The van der Waals surface area contributed by atoms with Gasteiger partial charge in [0, 0.05) is 8.95 Å². The SMILES string of the molecule is Brc1ccc(-c2cccc(-c3ccc4ccccc4c3)c2-c2ccc(Br)cc2)cc1. The molecule has 0 fully saturated rings. The van der Waals surface area contributed by atoms with Crippen molar-refractivity contribution in [2.75, 3.05) is 0 Å². The Kier molecular flexibility index (Phi) is 5.28. The second-order valence-corrected chi connectivity index (χ2v) is 9.14. The molecule has 0 spiro atoms. The van der Waals surface area contributed by atoms with Crippen LogP contribution in [0.3, 0.4) is 0 Å². The summed E-state index contributed by atoms with van der Waals surface area (Å²) in [5, 5.41) is 2.52. The minimum atomic E-state index is 1.08. The van der Waals surface area contributed by atoms with E-state index in [9.17, 15) is 0 Å². The average Bonchev–Trinajstić information content (AvgIpc) is 2.79. The third-order valence-electron chi connectivity index (χ3n) is 5.41. The molecule has 0 heterocycles. The Morgan fingerprint density at radius 2 is 0.933 bits per heavy atom. The molecule has 0 amide bonds. The van der Waals surface area contributed by atoms with Crippen LogP contribution in [0.1, 0.15) is 0 Å². The van der Waals surface area contributed by atoms with Crippen molar-refractivity contribution >= 4 is 42.6 Å². The topological polar surface area (TPSA) is 0 Å². The Hall–Kier alpha value is -2.68. The van der Waals surface area contributed by atoms with Crippen molar-refractivity contribution in [3.8, 4) is 33.4 Å². The number of halogens is 2. The monoisotopic (exact) mass is 512 g/mol. The summed E-state index contributed by atoms with van der Waals surface area (Å²) in [4.78, 5) is 0. The highest BCUT2D eigenvalue weighted by Crippen LogP contribution is 2.41. The quantitative estimate of drug-likeness (QED) is 0.225. The zero-order chi connectivity index (χ0) is 20.5. The fraction of sp³-hybridized carbons (Fsp3) is 0. The van der Waals surface area contributed by atoms with Crippen LogP contribution in [0.25, 0.3) is 44.2 Å². The molecule has 0 aliphatic carbocycles. The Bertz CT molecular complexity index is 1330. The van der Waals surface area contributed by atoms with E-state index in [0.717, 1.165) is 8.95 Å². The van der Waals surface area contributed by atoms with E-state index >= 15 is 0 Å². The van der Waals surface area contributed by atoms with Gasteiger partial charge in [-0.3, -0.25) is 0 Å². The minimum Gasteiger partial charge on any atom is -0.0616 e. The van der Waals surface area contributed by atoms with E-state index in [1.54, 1.807) is 0 Å². The van der Waals surface area contributed by atoms with E-state index in [2.05, 4.69) is 141 Å². The second-order valence-electron chi connectivity index (χ2n) is 7.30. The van der Waals surface area contributed by atoms with Gasteiger partial charge in [0.15, 0.2) is 0 Å². The molecule has 0 aromatic heterocycles. The van der Waals surface area contributed by atoms with Gasteiger partial charge in [-0.1, -0.05) is 111 Å². The number of rotatable bonds is 3. The smallest absolute Gasteiger partial charge is 0.0175 e. The number of hydrogen-bond acceptors (Lipinski definition) is 0. The molecule has 0 bridgehead atoms. The molecule has 0 N–H and O–H groups in total. The maximum Gasteiger partial charge on any atom is 0.0175 e. The van der Waals surface area contributed by atoms with Crippen LogP contribution in [0.4, 0.5) is 0 Å². The molecule has 0 nitrogen and oxygen atoms in total. The summed E-state index contributed by atoms with van der Waals surface area (Å²) in [6, 6.07) is 39.0. The molecule has 0 aliphatic rings. The first-order valence-corrected chi connectivity index (χ1v) is 11.4. The Balaban J connectivity index is 1.78. The number of hydrogen-bond donors (Lipinski definition) is 0. The molecular weight excluding hydrogens is 496 g/mol. The van der Waals surface area contributed by atoms with Crippen LogP contribution in [-0.4, -0.2) is 0 Å². The predicted molar refractivity (Wildman–Crippen MR) is 136 cm³/mol. The van der Waals surface area contributed by atoms with Gasteiger partial charge in [0.05, 0.1) is 0 Å². The highest BCUT2D eigenvalue weighted by Gasteiger charge is 2.14. The van der Waals surface area contributed by atoms with Crippen LogP contribution in [0.5, 0.6) is 0 Å². The largest absolute Gasteiger partial charge is 0.0616 e. The molecule has 0 saturated carbocycles. The summed E-state index contributed by atoms with van der Waals surface area (Å²) in [5.74, 6) is 0. The number of benzene rings is 5. The first-order valence-electron chi connectivity index (χ1n) is 9.83. The maximum absolute atomic E-state index is 3.57. The first-order chi connectivity index (χ1) is 14.7. The average molecular weight is 514 g/mol. The van der Waals surface area contributed by atoms with Crippen LogP contribution in [0.15, 0.2) is 118 Å². The molecule has 0 radical (unpaired) electrons. The summed E-state index contributed by atoms with van der Waals surface area (Å²) in [6.45, 7) is 0. The fourth-order valence-electron chi connectivity index (χ4n) is 3.95. The van der Waals surface area contributed by atoms with Crippen LogP contribution in [0, 0.1) is 0 Å². The molecule has 0 unspecified atom stereocenters. The van der Waals surface area contributed by atoms with E-state index < -0.39 is 0 Å². The minimum absolute atomic E-state index is 1.08. The zero-order valence-electron chi connectivity index (χ0n) is 16.1. The van der Waals surface area contributed by atoms with Gasteiger partial charge in [-0.05, 0) is 74.5 Å². The molecule has 0 atom stereocenters. The Morgan fingerprint density at radius 3 is 1.60 bits per heavy atom. The van der Waals surface area contributed by atoms with Crippen molar-refractivity contribution in [1.82, 2.24) is 0 Å². The molecular formula is C28H18Br2. The third kappa shape index (κ3) is 3.74. The lowest BCUT2D eigenvalue weighted by Gasteiger charge is -2.17. The highest BCUT2D eigenvalue weighted by molar-refractivity contribution is 9.10. The molecule has 5 aromatic carbocycles. The Labute approximate surface area is 193 Å². The molecule has 30 heavy (non-hydrogen) atoms. The summed E-state index contributed by atoms with van der Waals surface area (Å²) in [7, 11) is 0. The van der Waals surface area contributed by atoms with E-state index in [4.69, 9.17) is 0 Å². The lowest BCUT2D eigenvalue weighted by molar-refractivity contribution is 1.55. The predicted octanol–water partition coefficient (Wildman–Crippen LogP) is 9.37. The third-order valence-corrected chi connectivity index (χ3v) is 6.47. The summed E-state index contributed by atoms with van der Waals surface area (Å²) in [6.07, 6.45) is 0. The standard InChI is InChI=1S/C28H18Br2/c29-24-14-10-20(11-15-24)26-6-3-7-27(28(26)21-12-16-25(30)17-13-21)23-9-8-19-4-1-2-5-22(19)18-23/h1-18H. The van der Waals surface area contributed by atoms with Crippen molar-refractivity contribution in [2.45, 2.75) is 0 Å². The van der Waals surface area contributed by atoms with Crippen LogP contribution in [0.2, 0.25) is 0 Å². The van der Waals surface area contributed by atoms with Gasteiger partial charge in [0.25, 0.3) is 0 Å². The zero-order valence-corrected chi connectivity index (χ0v) is 19.3. The van der Waals surface area contributed by atoms with Crippen LogP contribution < -0.4 is 0 Å². The van der Waals surface area contributed by atoms with Gasteiger partial charge in [0.2, 0.25) is 0 Å². The van der Waals surface area contributed by atoms with Crippen molar-refractivity contribution in [3.63, 3.8) is 0 Å². The molecule has 2 heteroatoms. The van der Waals surface area contributed by atoms with E-state index in [-0.39, 0.29) is 0 Å². The van der Waals surface area contributed by atoms with Gasteiger partial charge in [0.1, 0.15) is 0 Å². The summed E-state index contributed by atoms with van der Waals surface area (Å²) >= 11 is 7.13. The van der Waals surface area contributed by atoms with Gasteiger partial charge in [-0.15, -0.1) is 0 Å². The molecule has 5 aromatic rings. The van der Waals surface area contributed by atoms with Gasteiger partial charge < -0.3 is 0 Å². The lowest BCUT2D eigenvalue weighted by atomic mass is 9.87. The van der Waals surface area contributed by atoms with Crippen molar-refractivity contribution in [1.29, 1.82) is 0 Å². The molecule has 5 rings (SSSR count). The summed E-state index contributed by atoms with van der Waals surface area (Å²) in [5.41, 5.74) is 7.37. The first kappa shape index (κ1) is 19.3. The van der Waals surface area contributed by atoms with E-state index in [0.29, 0.717) is 0 Å². The fourth-order valence-corrected chi connectivity index (χ4v) is 4.48. The number of fused-ring (bicyclic) bond motifs is 1. The lowest BCUT2D eigenvalue weighted by Crippen LogP contribution is -1.91. The van der Waals surface area contributed by atoms with Crippen LogP contribution >= 0.6 is 31.9 Å². The maximum atomic E-state index is 3.57.